The van der Waals surface area contributed by atoms with Gasteiger partial charge in [0, 0.05) is 21.2 Å². The highest BCUT2D eigenvalue weighted by Gasteiger charge is 2.22. The second kappa shape index (κ2) is 7.56. The minimum Gasteiger partial charge on any atom is -0.329 e. The quantitative estimate of drug-likeness (QED) is 0.632. The first-order valence-electron chi connectivity index (χ1n) is 6.92. The average molecular weight is 328 g/mol. The Bertz CT molecular complexity index is 344. The van der Waals surface area contributed by atoms with Gasteiger partial charge in [-0.05, 0) is 43.0 Å². The van der Waals surface area contributed by atoms with Crippen LogP contribution in [0.25, 0.3) is 0 Å². The Balaban J connectivity index is 1.97. The topological polar surface area (TPSA) is 26.0 Å². The second-order valence-electron chi connectivity index (χ2n) is 5.10. The Kier molecular flexibility index (Phi) is 6.06. The largest absolute Gasteiger partial charge is 0.329 e. The van der Waals surface area contributed by atoms with Crippen LogP contribution in [0.3, 0.4) is 0 Å². The Morgan fingerprint density at radius 3 is 2.28 bits per heavy atom. The van der Waals surface area contributed by atoms with E-state index in [4.69, 9.17) is 5.73 Å². The molecule has 0 heterocycles. The Morgan fingerprint density at radius 1 is 1.11 bits per heavy atom. The number of nitrogens with two attached hydrogens (primary N) is 1. The third kappa shape index (κ3) is 4.29. The van der Waals surface area contributed by atoms with Crippen LogP contribution in [-0.4, -0.2) is 11.8 Å². The molecule has 0 spiro atoms. The van der Waals surface area contributed by atoms with Crippen molar-refractivity contribution in [2.24, 2.45) is 11.7 Å². The summed E-state index contributed by atoms with van der Waals surface area (Å²) in [6, 6.07) is 8.61. The monoisotopic (exact) mass is 327 g/mol. The normalized spacial score (nSPS) is 19.4. The molecule has 1 aliphatic carbocycles. The molecule has 0 radical (unpaired) electrons. The summed E-state index contributed by atoms with van der Waals surface area (Å²) in [7, 11) is 0. The van der Waals surface area contributed by atoms with Gasteiger partial charge in [-0.3, -0.25) is 0 Å². The van der Waals surface area contributed by atoms with Crippen molar-refractivity contribution in [3.63, 3.8) is 0 Å². The van der Waals surface area contributed by atoms with Crippen molar-refractivity contribution in [2.45, 2.75) is 48.7 Å². The second-order valence-corrected chi connectivity index (χ2v) is 7.33. The zero-order valence-corrected chi connectivity index (χ0v) is 13.2. The summed E-state index contributed by atoms with van der Waals surface area (Å²) in [5.41, 5.74) is 6.00. The lowest BCUT2D eigenvalue weighted by Crippen LogP contribution is -2.26. The van der Waals surface area contributed by atoms with E-state index in [1.807, 2.05) is 11.8 Å². The van der Waals surface area contributed by atoms with E-state index in [0.717, 1.165) is 16.9 Å². The Hall–Kier alpha value is 0.01000. The van der Waals surface area contributed by atoms with E-state index < -0.39 is 0 Å². The van der Waals surface area contributed by atoms with Crippen molar-refractivity contribution < 1.29 is 0 Å². The minimum atomic E-state index is 0.587. The molecule has 0 amide bonds. The van der Waals surface area contributed by atoms with Crippen molar-refractivity contribution in [2.75, 3.05) is 6.54 Å². The molecule has 2 rings (SSSR count). The lowest BCUT2D eigenvalue weighted by Gasteiger charge is -2.24. The fraction of sp³-hybridized carbons (Fsp3) is 0.600. The van der Waals surface area contributed by atoms with Crippen LogP contribution in [-0.2, 0) is 0 Å². The lowest BCUT2D eigenvalue weighted by atomic mass is 9.96. The van der Waals surface area contributed by atoms with E-state index in [1.165, 1.54) is 43.4 Å². The van der Waals surface area contributed by atoms with Gasteiger partial charge < -0.3 is 5.73 Å². The highest BCUT2D eigenvalue weighted by Crippen LogP contribution is 2.35. The minimum absolute atomic E-state index is 0.587. The van der Waals surface area contributed by atoms with Crippen LogP contribution in [0.15, 0.2) is 33.6 Å². The van der Waals surface area contributed by atoms with Crippen molar-refractivity contribution in [3.05, 3.63) is 28.7 Å². The number of hydrogen-bond donors (Lipinski definition) is 1. The number of thioether (sulfide) groups is 1. The van der Waals surface area contributed by atoms with E-state index in [9.17, 15) is 0 Å². The summed E-state index contributed by atoms with van der Waals surface area (Å²) in [4.78, 5) is 1.35. The Labute approximate surface area is 123 Å². The van der Waals surface area contributed by atoms with Gasteiger partial charge in [0.05, 0.1) is 0 Å². The lowest BCUT2D eigenvalue weighted by molar-refractivity contribution is 0.445. The molecule has 1 nitrogen and oxygen atoms in total. The average Bonchev–Trinajstić information content (AvgIpc) is 2.67. The maximum absolute atomic E-state index is 6.00. The number of benzene rings is 1. The van der Waals surface area contributed by atoms with E-state index in [2.05, 4.69) is 40.2 Å². The zero-order chi connectivity index (χ0) is 12.8. The van der Waals surface area contributed by atoms with Crippen molar-refractivity contribution in [1.29, 1.82) is 0 Å². The van der Waals surface area contributed by atoms with Gasteiger partial charge in [0.25, 0.3) is 0 Å². The third-order valence-corrected chi connectivity index (χ3v) is 5.71. The van der Waals surface area contributed by atoms with E-state index in [0.29, 0.717) is 5.25 Å². The summed E-state index contributed by atoms with van der Waals surface area (Å²) < 4.78 is 1.14. The van der Waals surface area contributed by atoms with Gasteiger partial charge in [-0.25, -0.2) is 0 Å². The molecule has 0 aliphatic heterocycles. The molecule has 1 atom stereocenters. The van der Waals surface area contributed by atoms with Crippen molar-refractivity contribution in [1.82, 2.24) is 0 Å². The molecule has 0 saturated heterocycles. The van der Waals surface area contributed by atoms with Crippen LogP contribution >= 0.6 is 27.7 Å². The predicted molar refractivity (Wildman–Crippen MR) is 84.0 cm³/mol. The van der Waals surface area contributed by atoms with Crippen LogP contribution in [0.5, 0.6) is 0 Å². The summed E-state index contributed by atoms with van der Waals surface area (Å²) in [5.74, 6) is 0.811. The standard InChI is InChI=1S/C15H22BrNS/c16-13-7-9-14(10-8-13)18-15(11-17)12-5-3-1-2-4-6-12/h7-10,12,15H,1-6,11,17H2. The SMILES string of the molecule is NCC(Sc1ccc(Br)cc1)C1CCCCCC1. The predicted octanol–water partition coefficient (Wildman–Crippen LogP) is 4.84. The van der Waals surface area contributed by atoms with Gasteiger partial charge in [0.2, 0.25) is 0 Å². The summed E-state index contributed by atoms with van der Waals surface area (Å²) in [6.45, 7) is 0.797. The van der Waals surface area contributed by atoms with E-state index in [1.54, 1.807) is 0 Å². The number of halogens is 1. The van der Waals surface area contributed by atoms with Gasteiger partial charge >= 0.3 is 0 Å². The van der Waals surface area contributed by atoms with Crippen LogP contribution in [0, 0.1) is 5.92 Å². The first-order valence-corrected chi connectivity index (χ1v) is 8.59. The molecule has 18 heavy (non-hydrogen) atoms. The summed E-state index contributed by atoms with van der Waals surface area (Å²) >= 11 is 5.45. The fourth-order valence-electron chi connectivity index (χ4n) is 2.71. The van der Waals surface area contributed by atoms with Crippen molar-refractivity contribution >= 4 is 27.7 Å². The van der Waals surface area contributed by atoms with Crippen LogP contribution in [0.4, 0.5) is 0 Å². The Morgan fingerprint density at radius 2 is 1.72 bits per heavy atom. The van der Waals surface area contributed by atoms with Crippen LogP contribution in [0.1, 0.15) is 38.5 Å². The van der Waals surface area contributed by atoms with Gasteiger partial charge in [-0.15, -0.1) is 11.8 Å². The zero-order valence-electron chi connectivity index (χ0n) is 10.8. The first kappa shape index (κ1) is 14.4. The molecular formula is C15H22BrNS. The highest BCUT2D eigenvalue weighted by atomic mass is 79.9. The van der Waals surface area contributed by atoms with Crippen LogP contribution < -0.4 is 5.73 Å². The molecule has 1 saturated carbocycles. The molecule has 2 N–H and O–H groups in total. The smallest absolute Gasteiger partial charge is 0.0245 e. The molecule has 3 heteroatoms. The molecule has 1 aromatic carbocycles. The van der Waals surface area contributed by atoms with Gasteiger partial charge in [-0.1, -0.05) is 41.6 Å². The maximum Gasteiger partial charge on any atom is 0.0245 e. The van der Waals surface area contributed by atoms with E-state index in [-0.39, 0.29) is 0 Å². The van der Waals surface area contributed by atoms with Gasteiger partial charge in [0.15, 0.2) is 0 Å². The van der Waals surface area contributed by atoms with Gasteiger partial charge in [0.1, 0.15) is 0 Å². The third-order valence-electron chi connectivity index (χ3n) is 3.76. The number of hydrogen-bond acceptors (Lipinski definition) is 2. The van der Waals surface area contributed by atoms with Gasteiger partial charge in [-0.2, -0.15) is 0 Å². The highest BCUT2D eigenvalue weighted by molar-refractivity contribution is 9.10. The van der Waals surface area contributed by atoms with Crippen LogP contribution in [0.2, 0.25) is 0 Å². The van der Waals surface area contributed by atoms with Crippen molar-refractivity contribution in [3.8, 4) is 0 Å². The maximum atomic E-state index is 6.00. The number of rotatable bonds is 4. The molecular weight excluding hydrogens is 306 g/mol. The van der Waals surface area contributed by atoms with E-state index >= 15 is 0 Å². The molecule has 1 aromatic rings. The summed E-state index contributed by atoms with van der Waals surface area (Å²) in [6.07, 6.45) is 8.34. The molecule has 0 aromatic heterocycles. The molecule has 1 fully saturated rings. The molecule has 100 valence electrons. The first-order chi connectivity index (χ1) is 8.79. The molecule has 0 bridgehead atoms. The summed E-state index contributed by atoms with van der Waals surface area (Å²) in [5, 5.41) is 0.587. The molecule has 1 aliphatic rings. The fourth-order valence-corrected chi connectivity index (χ4v) is 4.18. The molecule has 1 unspecified atom stereocenters.